The summed E-state index contributed by atoms with van der Waals surface area (Å²) in [5.74, 6) is -0.298. The van der Waals surface area contributed by atoms with Crippen LogP contribution in [0.2, 0.25) is 0 Å². The van der Waals surface area contributed by atoms with E-state index in [4.69, 9.17) is 4.74 Å². The van der Waals surface area contributed by atoms with Gasteiger partial charge in [-0.3, -0.25) is 9.59 Å². The number of phenols is 1. The van der Waals surface area contributed by atoms with Crippen LogP contribution in [-0.2, 0) is 0 Å². The van der Waals surface area contributed by atoms with Crippen molar-refractivity contribution < 1.29 is 19.4 Å². The van der Waals surface area contributed by atoms with Gasteiger partial charge in [-0.05, 0) is 24.3 Å². The standard InChI is InChI=1S/C15H10O4/c1-19-8-5-6-9-11(7-8)15(18)13-10(14(9)17)3-2-4-12(13)16/h2-7,16H,1H3. The van der Waals surface area contributed by atoms with Crippen molar-refractivity contribution in [1.82, 2.24) is 0 Å². The van der Waals surface area contributed by atoms with Crippen LogP contribution in [0.3, 0.4) is 0 Å². The summed E-state index contributed by atoms with van der Waals surface area (Å²) in [7, 11) is 1.49. The van der Waals surface area contributed by atoms with Crippen molar-refractivity contribution in [3.63, 3.8) is 0 Å². The minimum absolute atomic E-state index is 0.0632. The highest BCUT2D eigenvalue weighted by Crippen LogP contribution is 2.33. The van der Waals surface area contributed by atoms with Crippen molar-refractivity contribution in [2.75, 3.05) is 7.11 Å². The maximum Gasteiger partial charge on any atom is 0.198 e. The van der Waals surface area contributed by atoms with Crippen molar-refractivity contribution in [2.45, 2.75) is 0 Å². The fourth-order valence-corrected chi connectivity index (χ4v) is 2.28. The predicted octanol–water partition coefficient (Wildman–Crippen LogP) is 2.18. The number of rotatable bonds is 1. The predicted molar refractivity (Wildman–Crippen MR) is 68.0 cm³/mol. The quantitative estimate of drug-likeness (QED) is 0.723. The van der Waals surface area contributed by atoms with Crippen molar-refractivity contribution in [3.05, 3.63) is 58.7 Å². The van der Waals surface area contributed by atoms with Gasteiger partial charge < -0.3 is 9.84 Å². The van der Waals surface area contributed by atoms with Gasteiger partial charge in [0.15, 0.2) is 11.6 Å². The van der Waals surface area contributed by atoms with Crippen LogP contribution in [0.1, 0.15) is 31.8 Å². The Morgan fingerprint density at radius 1 is 0.947 bits per heavy atom. The highest BCUT2D eigenvalue weighted by molar-refractivity contribution is 6.29. The zero-order chi connectivity index (χ0) is 13.6. The molecular formula is C15H10O4. The van der Waals surface area contributed by atoms with Gasteiger partial charge in [0, 0.05) is 16.7 Å². The molecule has 0 amide bonds. The molecule has 1 N–H and O–H groups in total. The summed E-state index contributed by atoms with van der Waals surface area (Å²) in [6, 6.07) is 9.22. The third kappa shape index (κ3) is 1.53. The molecule has 1 aliphatic carbocycles. The minimum atomic E-state index is -0.360. The number of hydrogen-bond acceptors (Lipinski definition) is 4. The smallest absolute Gasteiger partial charge is 0.198 e. The summed E-state index contributed by atoms with van der Waals surface area (Å²) in [5, 5.41) is 9.79. The van der Waals surface area contributed by atoms with Crippen molar-refractivity contribution in [3.8, 4) is 11.5 Å². The molecule has 4 heteroatoms. The Morgan fingerprint density at radius 3 is 2.47 bits per heavy atom. The fraction of sp³-hybridized carbons (Fsp3) is 0.0667. The topological polar surface area (TPSA) is 63.6 Å². The molecule has 2 aromatic rings. The third-order valence-electron chi connectivity index (χ3n) is 3.23. The number of ketones is 2. The molecule has 0 radical (unpaired) electrons. The monoisotopic (exact) mass is 254 g/mol. The molecule has 94 valence electrons. The first-order valence-corrected chi connectivity index (χ1v) is 5.73. The summed E-state index contributed by atoms with van der Waals surface area (Å²) < 4.78 is 5.06. The molecule has 0 aromatic heterocycles. The number of phenolic OH excluding ortho intramolecular Hbond substituents is 1. The van der Waals surface area contributed by atoms with Gasteiger partial charge in [0.1, 0.15) is 11.5 Å². The molecule has 0 heterocycles. The SMILES string of the molecule is COc1ccc2c(c1)C(=O)c1c(O)cccc1C2=O. The third-order valence-corrected chi connectivity index (χ3v) is 3.23. The Kier molecular flexibility index (Phi) is 2.38. The molecule has 0 saturated carbocycles. The number of fused-ring (bicyclic) bond motifs is 2. The van der Waals surface area contributed by atoms with Crippen LogP contribution in [0.25, 0.3) is 0 Å². The zero-order valence-electron chi connectivity index (χ0n) is 10.1. The second-order valence-corrected chi connectivity index (χ2v) is 4.27. The number of carbonyl (C=O) groups excluding carboxylic acids is 2. The number of ether oxygens (including phenoxy) is 1. The Hall–Kier alpha value is -2.62. The van der Waals surface area contributed by atoms with Crippen LogP contribution in [0.15, 0.2) is 36.4 Å². The highest BCUT2D eigenvalue weighted by atomic mass is 16.5. The number of hydrogen-bond donors (Lipinski definition) is 1. The summed E-state index contributed by atoms with van der Waals surface area (Å²) in [5.41, 5.74) is 0.901. The Bertz CT molecular complexity index is 716. The van der Waals surface area contributed by atoms with Gasteiger partial charge in [0.25, 0.3) is 0 Å². The first-order chi connectivity index (χ1) is 9.13. The van der Waals surface area contributed by atoms with E-state index in [9.17, 15) is 14.7 Å². The van der Waals surface area contributed by atoms with Gasteiger partial charge >= 0.3 is 0 Å². The van der Waals surface area contributed by atoms with Crippen LogP contribution in [0.4, 0.5) is 0 Å². The van der Waals surface area contributed by atoms with E-state index < -0.39 is 0 Å². The maximum absolute atomic E-state index is 12.4. The maximum atomic E-state index is 12.4. The molecule has 3 rings (SSSR count). The summed E-state index contributed by atoms with van der Waals surface area (Å²) in [6.45, 7) is 0. The van der Waals surface area contributed by atoms with Crippen LogP contribution in [0.5, 0.6) is 11.5 Å². The molecule has 0 fully saturated rings. The van der Waals surface area contributed by atoms with Crippen molar-refractivity contribution in [2.24, 2.45) is 0 Å². The lowest BCUT2D eigenvalue weighted by Gasteiger charge is -2.18. The Labute approximate surface area is 109 Å². The second kappa shape index (κ2) is 3.95. The molecule has 0 saturated heterocycles. The minimum Gasteiger partial charge on any atom is -0.507 e. The van der Waals surface area contributed by atoms with Gasteiger partial charge in [-0.1, -0.05) is 12.1 Å². The largest absolute Gasteiger partial charge is 0.507 e. The molecule has 2 aromatic carbocycles. The fourth-order valence-electron chi connectivity index (χ4n) is 2.28. The van der Waals surface area contributed by atoms with E-state index in [2.05, 4.69) is 0 Å². The van der Waals surface area contributed by atoms with E-state index in [1.807, 2.05) is 0 Å². The average molecular weight is 254 g/mol. The molecule has 0 atom stereocenters. The van der Waals surface area contributed by atoms with Gasteiger partial charge in [0.05, 0.1) is 12.7 Å². The van der Waals surface area contributed by atoms with Crippen LogP contribution in [0, 0.1) is 0 Å². The van der Waals surface area contributed by atoms with E-state index >= 15 is 0 Å². The van der Waals surface area contributed by atoms with Crippen molar-refractivity contribution in [1.29, 1.82) is 0 Å². The Morgan fingerprint density at radius 2 is 1.74 bits per heavy atom. The van der Waals surface area contributed by atoms with Gasteiger partial charge in [0.2, 0.25) is 0 Å². The average Bonchev–Trinajstić information content (AvgIpc) is 2.44. The van der Waals surface area contributed by atoms with E-state index in [-0.39, 0.29) is 34.0 Å². The normalized spacial score (nSPS) is 12.9. The van der Waals surface area contributed by atoms with Crippen LogP contribution in [-0.4, -0.2) is 23.8 Å². The summed E-state index contributed by atoms with van der Waals surface area (Å²) in [6.07, 6.45) is 0. The van der Waals surface area contributed by atoms with E-state index in [1.54, 1.807) is 24.3 Å². The van der Waals surface area contributed by atoms with Crippen LogP contribution < -0.4 is 4.74 Å². The summed E-state index contributed by atoms with van der Waals surface area (Å²) in [4.78, 5) is 24.7. The molecule has 4 nitrogen and oxygen atoms in total. The molecule has 1 aliphatic rings. The van der Waals surface area contributed by atoms with E-state index in [1.165, 1.54) is 19.2 Å². The van der Waals surface area contributed by atoms with E-state index in [0.29, 0.717) is 11.3 Å². The molecule has 0 bridgehead atoms. The highest BCUT2D eigenvalue weighted by Gasteiger charge is 2.31. The molecule has 0 unspecified atom stereocenters. The second-order valence-electron chi connectivity index (χ2n) is 4.27. The molecule has 19 heavy (non-hydrogen) atoms. The van der Waals surface area contributed by atoms with Gasteiger partial charge in [-0.25, -0.2) is 0 Å². The first kappa shape index (κ1) is 11.5. The lowest BCUT2D eigenvalue weighted by molar-refractivity contribution is 0.0976. The number of methoxy groups -OCH3 is 1. The zero-order valence-corrected chi connectivity index (χ0v) is 10.1. The van der Waals surface area contributed by atoms with E-state index in [0.717, 1.165) is 0 Å². The van der Waals surface area contributed by atoms with Gasteiger partial charge in [-0.2, -0.15) is 0 Å². The molecular weight excluding hydrogens is 244 g/mol. The number of benzene rings is 2. The summed E-state index contributed by atoms with van der Waals surface area (Å²) >= 11 is 0. The molecule has 0 spiro atoms. The molecule has 0 aliphatic heterocycles. The van der Waals surface area contributed by atoms with Gasteiger partial charge in [-0.15, -0.1) is 0 Å². The van der Waals surface area contributed by atoms with Crippen molar-refractivity contribution >= 4 is 11.6 Å². The lowest BCUT2D eigenvalue weighted by atomic mass is 9.83. The number of carbonyl (C=O) groups is 2. The first-order valence-electron chi connectivity index (χ1n) is 5.73. The van der Waals surface area contributed by atoms with Crippen LogP contribution >= 0.6 is 0 Å². The lowest BCUT2D eigenvalue weighted by Crippen LogP contribution is -2.20. The number of aromatic hydroxyl groups is 1. The Balaban J connectivity index is 2.30.